The van der Waals surface area contributed by atoms with E-state index in [2.05, 4.69) is 127 Å². The molecule has 3 heterocycles. The average molecular weight is 455 g/mol. The summed E-state index contributed by atoms with van der Waals surface area (Å²) >= 11 is 0. The summed E-state index contributed by atoms with van der Waals surface area (Å²) in [5.74, 6) is 0.543. The van der Waals surface area contributed by atoms with Crippen LogP contribution >= 0.6 is 0 Å². The first kappa shape index (κ1) is 22.1. The summed E-state index contributed by atoms with van der Waals surface area (Å²) in [7, 11) is 0. The van der Waals surface area contributed by atoms with Gasteiger partial charge in [-0.25, -0.2) is 0 Å². The van der Waals surface area contributed by atoms with Crippen molar-refractivity contribution < 1.29 is 0 Å². The number of allylic oxidation sites excluding steroid dienone is 3. The predicted octanol–water partition coefficient (Wildman–Crippen LogP) is 6.11. The summed E-state index contributed by atoms with van der Waals surface area (Å²) in [5.41, 5.74) is 4.50. The fourth-order valence-corrected chi connectivity index (χ4v) is 7.47. The topological polar surface area (TPSA) is 30.1 Å². The quantitative estimate of drug-likeness (QED) is 0.534. The minimum absolute atomic E-state index is 0.157. The van der Waals surface area contributed by atoms with Gasteiger partial charge in [0.25, 0.3) is 0 Å². The van der Waals surface area contributed by atoms with E-state index in [1.807, 2.05) is 0 Å². The molecule has 4 heteroatoms. The van der Waals surface area contributed by atoms with Crippen LogP contribution in [0.4, 0.5) is 0 Å². The molecular weight excluding hydrogens is 416 g/mol. The number of rotatable bonds is 5. The molecule has 2 saturated heterocycles. The minimum Gasteiger partial charge on any atom is -0.382 e. The molecule has 34 heavy (non-hydrogen) atoms. The zero-order chi connectivity index (χ0) is 23.5. The monoisotopic (exact) mass is 454 g/mol. The van der Waals surface area contributed by atoms with E-state index in [1.165, 1.54) is 36.1 Å². The highest BCUT2D eigenvalue weighted by Crippen LogP contribution is 2.67. The van der Waals surface area contributed by atoms with Gasteiger partial charge in [0.2, 0.25) is 0 Å². The summed E-state index contributed by atoms with van der Waals surface area (Å²) in [6, 6.07) is 22.4. The lowest BCUT2D eigenvalue weighted by Crippen LogP contribution is -2.54. The lowest BCUT2D eigenvalue weighted by Gasteiger charge is -2.49. The second kappa shape index (κ2) is 8.08. The maximum atomic E-state index is 4.13. The Morgan fingerprint density at radius 1 is 0.941 bits per heavy atom. The zero-order valence-corrected chi connectivity index (χ0v) is 20.9. The third-order valence-electron chi connectivity index (χ3n) is 9.40. The normalized spacial score (nSPS) is 39.9. The van der Waals surface area contributed by atoms with Gasteiger partial charge in [0.05, 0.1) is 6.17 Å². The van der Waals surface area contributed by atoms with Crippen LogP contribution in [0, 0.1) is 16.7 Å². The van der Waals surface area contributed by atoms with Gasteiger partial charge < -0.3 is 5.32 Å². The van der Waals surface area contributed by atoms with Crippen molar-refractivity contribution in [2.24, 2.45) is 16.7 Å². The fourth-order valence-electron chi connectivity index (χ4n) is 7.47. The van der Waals surface area contributed by atoms with Crippen LogP contribution in [0.1, 0.15) is 70.4 Å². The van der Waals surface area contributed by atoms with Crippen LogP contribution in [-0.2, 0) is 0 Å². The van der Waals surface area contributed by atoms with Crippen LogP contribution in [0.5, 0.6) is 0 Å². The predicted molar refractivity (Wildman–Crippen MR) is 138 cm³/mol. The van der Waals surface area contributed by atoms with Gasteiger partial charge in [0, 0.05) is 23.1 Å². The molecule has 1 saturated carbocycles. The number of benzene rings is 2. The first-order valence-corrected chi connectivity index (χ1v) is 13.1. The van der Waals surface area contributed by atoms with Gasteiger partial charge in [0.15, 0.2) is 0 Å². The van der Waals surface area contributed by atoms with E-state index < -0.39 is 0 Å². The van der Waals surface area contributed by atoms with Crippen LogP contribution in [0.25, 0.3) is 0 Å². The molecule has 0 radical (unpaired) electrons. The van der Waals surface area contributed by atoms with Crippen LogP contribution in [-0.4, -0.2) is 22.2 Å². The second-order valence-electron chi connectivity index (χ2n) is 11.2. The van der Waals surface area contributed by atoms with E-state index in [0.717, 1.165) is 0 Å². The zero-order valence-electron chi connectivity index (χ0n) is 20.9. The SMILES string of the molecule is CC[C@]1(C2NC(c3ccccc3)N3C(c4ccccc4)N23)CCC(C2=CC=CC(C)N2)C1(C)C. The van der Waals surface area contributed by atoms with Crippen LogP contribution in [0.15, 0.2) is 84.6 Å². The van der Waals surface area contributed by atoms with E-state index >= 15 is 0 Å². The maximum Gasteiger partial charge on any atom is 0.119 e. The Bertz CT molecular complexity index is 1090. The Morgan fingerprint density at radius 3 is 2.26 bits per heavy atom. The molecule has 7 unspecified atom stereocenters. The molecule has 3 aliphatic heterocycles. The van der Waals surface area contributed by atoms with Crippen molar-refractivity contribution in [2.75, 3.05) is 0 Å². The van der Waals surface area contributed by atoms with Crippen molar-refractivity contribution in [3.05, 3.63) is 95.7 Å². The van der Waals surface area contributed by atoms with E-state index in [4.69, 9.17) is 0 Å². The van der Waals surface area contributed by atoms with Crippen molar-refractivity contribution in [3.63, 3.8) is 0 Å². The van der Waals surface area contributed by atoms with Gasteiger partial charge in [-0.3, -0.25) is 5.32 Å². The summed E-state index contributed by atoms with van der Waals surface area (Å²) in [6.45, 7) is 9.73. The Hall–Kier alpha value is -2.40. The first-order valence-electron chi connectivity index (χ1n) is 13.1. The number of hydrogen-bond acceptors (Lipinski definition) is 4. The standard InChI is InChI=1S/C30H38N4/c1-5-30(20-19-24(29(30,3)4)25-18-12-13-21(2)31-25)28-32-26(22-14-8-6-9-15-22)33-27(34(28)33)23-16-10-7-11-17-23/h6-18,21,24,26-28,31-32H,5,19-20H2,1-4H3/t21?,24?,26?,27?,28?,30-,33?,34?/m1/s1. The third-order valence-corrected chi connectivity index (χ3v) is 9.40. The average Bonchev–Trinajstić information content (AvgIpc) is 3.35. The molecule has 0 bridgehead atoms. The van der Waals surface area contributed by atoms with Gasteiger partial charge in [-0.15, -0.1) is 0 Å². The second-order valence-corrected chi connectivity index (χ2v) is 11.2. The molecule has 1 aliphatic carbocycles. The van der Waals surface area contributed by atoms with Gasteiger partial charge >= 0.3 is 0 Å². The van der Waals surface area contributed by atoms with E-state index in [1.54, 1.807) is 0 Å². The van der Waals surface area contributed by atoms with Crippen LogP contribution < -0.4 is 10.6 Å². The number of dihydropyridines is 1. The van der Waals surface area contributed by atoms with Crippen LogP contribution in [0.3, 0.4) is 0 Å². The van der Waals surface area contributed by atoms with Crippen LogP contribution in [0.2, 0.25) is 0 Å². The van der Waals surface area contributed by atoms with Crippen molar-refractivity contribution in [3.8, 4) is 0 Å². The number of hydrogen-bond donors (Lipinski definition) is 2. The molecule has 8 atom stereocenters. The first-order chi connectivity index (χ1) is 16.5. The third kappa shape index (κ3) is 3.16. The largest absolute Gasteiger partial charge is 0.382 e. The highest BCUT2D eigenvalue weighted by Gasteiger charge is 2.69. The Balaban J connectivity index is 1.38. The molecule has 0 spiro atoms. The molecule has 2 aromatic rings. The fraction of sp³-hybridized carbons (Fsp3) is 0.467. The van der Waals surface area contributed by atoms with E-state index in [0.29, 0.717) is 24.3 Å². The minimum atomic E-state index is 0.157. The van der Waals surface area contributed by atoms with E-state index in [-0.39, 0.29) is 17.0 Å². The lowest BCUT2D eigenvalue weighted by molar-refractivity contribution is -0.00496. The molecule has 4 aliphatic rings. The molecule has 0 aromatic heterocycles. The molecule has 3 fully saturated rings. The van der Waals surface area contributed by atoms with Crippen molar-refractivity contribution in [2.45, 2.75) is 71.5 Å². The highest BCUT2D eigenvalue weighted by atomic mass is 15.9. The number of fused-ring (bicyclic) bond motifs is 1. The van der Waals surface area contributed by atoms with Crippen molar-refractivity contribution >= 4 is 0 Å². The smallest absolute Gasteiger partial charge is 0.119 e. The maximum absolute atomic E-state index is 4.13. The molecule has 6 rings (SSSR count). The number of hydrazine groups is 1. The van der Waals surface area contributed by atoms with Gasteiger partial charge in [0.1, 0.15) is 12.3 Å². The van der Waals surface area contributed by atoms with Gasteiger partial charge in [-0.2, -0.15) is 10.0 Å². The Labute approximate surface area is 204 Å². The highest BCUT2D eigenvalue weighted by molar-refractivity contribution is 5.31. The molecule has 2 N–H and O–H groups in total. The molecule has 4 nitrogen and oxygen atoms in total. The summed E-state index contributed by atoms with van der Waals surface area (Å²) in [5, 5.41) is 13.2. The van der Waals surface area contributed by atoms with Gasteiger partial charge in [-0.1, -0.05) is 93.6 Å². The van der Waals surface area contributed by atoms with E-state index in [9.17, 15) is 0 Å². The molecule has 2 aromatic carbocycles. The lowest BCUT2D eigenvalue weighted by atomic mass is 9.60. The number of nitrogens with one attached hydrogen (secondary N) is 2. The molecular formula is C30H38N4. The summed E-state index contributed by atoms with van der Waals surface area (Å²) in [6.07, 6.45) is 11.3. The Morgan fingerprint density at radius 2 is 1.62 bits per heavy atom. The molecule has 178 valence electrons. The van der Waals surface area contributed by atoms with Crippen molar-refractivity contribution in [1.29, 1.82) is 0 Å². The summed E-state index contributed by atoms with van der Waals surface area (Å²) < 4.78 is 0. The molecule has 0 amide bonds. The summed E-state index contributed by atoms with van der Waals surface area (Å²) in [4.78, 5) is 0. The van der Waals surface area contributed by atoms with Gasteiger partial charge in [-0.05, 0) is 48.8 Å². The van der Waals surface area contributed by atoms with Crippen molar-refractivity contribution in [1.82, 2.24) is 20.7 Å². The number of nitrogens with zero attached hydrogens (tertiary/aromatic N) is 2. The Kier molecular flexibility index (Phi) is 5.25.